The lowest BCUT2D eigenvalue weighted by atomic mass is 9.91. The first-order chi connectivity index (χ1) is 5.92. The molecule has 3 fully saturated rings. The predicted molar refractivity (Wildman–Crippen MR) is 43.7 cm³/mol. The normalized spacial score (nSPS) is 33.7. The third-order valence-corrected chi connectivity index (χ3v) is 2.62. The highest BCUT2D eigenvalue weighted by Gasteiger charge is 2.41. The smallest absolute Gasteiger partial charge is 0.0623 e. The second-order valence-corrected chi connectivity index (χ2v) is 3.27. The molecule has 3 aliphatic rings. The molecule has 3 aliphatic heterocycles. The number of hydrogen-bond donors (Lipinski definition) is 0. The lowest BCUT2D eigenvalue weighted by molar-refractivity contribution is -0.125. The standard InChI is InChI=1S/C7H12N4O/c8-10-9-1-2-11-6-3-7(11)5-12-4-6/h6-7H,1-5H2/t6-,7-/m1/s1. The fourth-order valence-corrected chi connectivity index (χ4v) is 1.98. The first kappa shape index (κ1) is 7.86. The maximum absolute atomic E-state index is 8.09. The van der Waals surface area contributed by atoms with Gasteiger partial charge in [0.05, 0.1) is 13.2 Å². The maximum Gasteiger partial charge on any atom is 0.0623 e. The van der Waals surface area contributed by atoms with Crippen molar-refractivity contribution in [1.82, 2.24) is 4.90 Å². The van der Waals surface area contributed by atoms with Gasteiger partial charge in [0.1, 0.15) is 0 Å². The van der Waals surface area contributed by atoms with Crippen LogP contribution in [0.1, 0.15) is 6.42 Å². The third-order valence-electron chi connectivity index (χ3n) is 2.62. The number of ether oxygens (including phenoxy) is 1. The van der Waals surface area contributed by atoms with E-state index in [1.54, 1.807) is 0 Å². The fraction of sp³-hybridized carbons (Fsp3) is 1.00. The Balaban J connectivity index is 1.78. The first-order valence-electron chi connectivity index (χ1n) is 4.26. The van der Waals surface area contributed by atoms with Gasteiger partial charge in [-0.3, -0.25) is 4.90 Å². The summed E-state index contributed by atoms with van der Waals surface area (Å²) < 4.78 is 5.32. The molecule has 0 saturated carbocycles. The van der Waals surface area contributed by atoms with Crippen LogP contribution in [0.4, 0.5) is 0 Å². The highest BCUT2D eigenvalue weighted by atomic mass is 16.5. The topological polar surface area (TPSA) is 61.2 Å². The maximum atomic E-state index is 8.09. The van der Waals surface area contributed by atoms with Gasteiger partial charge in [-0.05, 0) is 12.0 Å². The fourth-order valence-electron chi connectivity index (χ4n) is 1.98. The summed E-state index contributed by atoms with van der Waals surface area (Å²) >= 11 is 0. The monoisotopic (exact) mass is 168 g/mol. The molecule has 2 bridgehead atoms. The van der Waals surface area contributed by atoms with Gasteiger partial charge in [-0.1, -0.05) is 5.11 Å². The van der Waals surface area contributed by atoms with Crippen molar-refractivity contribution in [3.63, 3.8) is 0 Å². The van der Waals surface area contributed by atoms with Crippen LogP contribution in [0.25, 0.3) is 10.4 Å². The molecule has 0 aliphatic carbocycles. The van der Waals surface area contributed by atoms with E-state index in [1.165, 1.54) is 6.42 Å². The first-order valence-corrected chi connectivity index (χ1v) is 4.26. The zero-order valence-electron chi connectivity index (χ0n) is 6.89. The van der Waals surface area contributed by atoms with E-state index < -0.39 is 0 Å². The minimum atomic E-state index is 0.587. The van der Waals surface area contributed by atoms with Crippen LogP contribution >= 0.6 is 0 Å². The van der Waals surface area contributed by atoms with Gasteiger partial charge in [0, 0.05) is 30.1 Å². The highest BCUT2D eigenvalue weighted by molar-refractivity contribution is 4.95. The molecule has 2 atom stereocenters. The average Bonchev–Trinajstić information content (AvgIpc) is 2.13. The predicted octanol–water partition coefficient (Wildman–Crippen LogP) is 0.770. The molecular formula is C7H12N4O. The molecule has 0 aromatic rings. The minimum absolute atomic E-state index is 0.587. The van der Waals surface area contributed by atoms with E-state index in [4.69, 9.17) is 10.3 Å². The molecule has 3 heterocycles. The Labute approximate surface area is 70.9 Å². The molecule has 5 nitrogen and oxygen atoms in total. The third kappa shape index (κ3) is 1.27. The van der Waals surface area contributed by atoms with Crippen molar-refractivity contribution in [2.45, 2.75) is 18.5 Å². The number of fused-ring (bicyclic) bond motifs is 2. The van der Waals surface area contributed by atoms with Gasteiger partial charge in [-0.15, -0.1) is 0 Å². The van der Waals surface area contributed by atoms with Crippen LogP contribution in [0.2, 0.25) is 0 Å². The van der Waals surface area contributed by atoms with Crippen molar-refractivity contribution >= 4 is 0 Å². The summed E-state index contributed by atoms with van der Waals surface area (Å²) in [5.41, 5.74) is 8.09. The van der Waals surface area contributed by atoms with Crippen LogP contribution in [0.5, 0.6) is 0 Å². The van der Waals surface area contributed by atoms with Crippen molar-refractivity contribution in [3.8, 4) is 0 Å². The average molecular weight is 168 g/mol. The highest BCUT2D eigenvalue weighted by Crippen LogP contribution is 2.29. The second-order valence-electron chi connectivity index (χ2n) is 3.27. The van der Waals surface area contributed by atoms with Gasteiger partial charge < -0.3 is 4.74 Å². The van der Waals surface area contributed by atoms with E-state index >= 15 is 0 Å². The van der Waals surface area contributed by atoms with Gasteiger partial charge in [-0.25, -0.2) is 0 Å². The zero-order chi connectivity index (χ0) is 8.39. The largest absolute Gasteiger partial charge is 0.378 e. The molecule has 3 rings (SSSR count). The van der Waals surface area contributed by atoms with Gasteiger partial charge in [0.2, 0.25) is 0 Å². The molecule has 0 spiro atoms. The van der Waals surface area contributed by atoms with E-state index in [9.17, 15) is 0 Å². The molecule has 0 aromatic heterocycles. The molecule has 0 amide bonds. The van der Waals surface area contributed by atoms with Crippen molar-refractivity contribution < 1.29 is 4.74 Å². The summed E-state index contributed by atoms with van der Waals surface area (Å²) in [5, 5.41) is 3.52. The molecule has 12 heavy (non-hydrogen) atoms. The Morgan fingerprint density at radius 1 is 1.50 bits per heavy atom. The summed E-state index contributed by atoms with van der Waals surface area (Å²) in [7, 11) is 0. The molecule has 0 aromatic carbocycles. The van der Waals surface area contributed by atoms with E-state index in [-0.39, 0.29) is 0 Å². The lowest BCUT2D eigenvalue weighted by Gasteiger charge is -2.52. The Morgan fingerprint density at radius 2 is 2.25 bits per heavy atom. The molecule has 0 unspecified atom stereocenters. The van der Waals surface area contributed by atoms with Gasteiger partial charge in [0.15, 0.2) is 0 Å². The Kier molecular flexibility index (Phi) is 2.17. The minimum Gasteiger partial charge on any atom is -0.378 e. The lowest BCUT2D eigenvalue weighted by Crippen LogP contribution is -2.64. The van der Waals surface area contributed by atoms with E-state index in [2.05, 4.69) is 14.9 Å². The van der Waals surface area contributed by atoms with Crippen molar-refractivity contribution in [3.05, 3.63) is 10.4 Å². The molecule has 0 radical (unpaired) electrons. The summed E-state index contributed by atoms with van der Waals surface area (Å²) in [6, 6.07) is 1.19. The summed E-state index contributed by atoms with van der Waals surface area (Å²) in [6.07, 6.45) is 1.26. The van der Waals surface area contributed by atoms with Crippen LogP contribution < -0.4 is 0 Å². The van der Waals surface area contributed by atoms with Crippen LogP contribution in [-0.4, -0.2) is 43.3 Å². The van der Waals surface area contributed by atoms with Crippen molar-refractivity contribution in [2.24, 2.45) is 5.11 Å². The van der Waals surface area contributed by atoms with Crippen molar-refractivity contribution in [2.75, 3.05) is 26.3 Å². The number of morpholine rings is 1. The van der Waals surface area contributed by atoms with Crippen LogP contribution in [0, 0.1) is 0 Å². The van der Waals surface area contributed by atoms with Crippen molar-refractivity contribution in [1.29, 1.82) is 0 Å². The summed E-state index contributed by atoms with van der Waals surface area (Å²) in [4.78, 5) is 5.10. The number of azide groups is 1. The number of rotatable bonds is 3. The number of nitrogens with zero attached hydrogens (tertiary/aromatic N) is 4. The number of hydrogen-bond acceptors (Lipinski definition) is 3. The molecule has 0 N–H and O–H groups in total. The van der Waals surface area contributed by atoms with Gasteiger partial charge >= 0.3 is 0 Å². The van der Waals surface area contributed by atoms with Crippen LogP contribution in [0.3, 0.4) is 0 Å². The quantitative estimate of drug-likeness (QED) is 0.355. The second kappa shape index (κ2) is 3.31. The Bertz CT molecular complexity index is 199. The Hall–Kier alpha value is -0.770. The summed E-state index contributed by atoms with van der Waals surface area (Å²) in [6.45, 7) is 3.19. The Morgan fingerprint density at radius 3 is 2.83 bits per heavy atom. The van der Waals surface area contributed by atoms with Gasteiger partial charge in [-0.2, -0.15) is 0 Å². The molecular weight excluding hydrogens is 156 g/mol. The van der Waals surface area contributed by atoms with E-state index in [0.717, 1.165) is 19.8 Å². The van der Waals surface area contributed by atoms with E-state index in [1.807, 2.05) is 0 Å². The van der Waals surface area contributed by atoms with E-state index in [0.29, 0.717) is 18.6 Å². The summed E-state index contributed by atoms with van der Waals surface area (Å²) in [5.74, 6) is 0. The molecule has 3 saturated heterocycles. The molecule has 66 valence electrons. The van der Waals surface area contributed by atoms with Gasteiger partial charge in [0.25, 0.3) is 0 Å². The van der Waals surface area contributed by atoms with Crippen LogP contribution in [-0.2, 0) is 4.74 Å². The SMILES string of the molecule is [N-]=[N+]=NCCN1[C@H]2COC[C@H]1C2. The molecule has 5 heteroatoms. The zero-order valence-corrected chi connectivity index (χ0v) is 6.89. The van der Waals surface area contributed by atoms with Crippen LogP contribution in [0.15, 0.2) is 5.11 Å².